The van der Waals surface area contributed by atoms with E-state index in [-0.39, 0.29) is 12.4 Å². The van der Waals surface area contributed by atoms with E-state index in [1.807, 2.05) is 0 Å². The maximum atomic E-state index is 12.7. The molecule has 1 aliphatic heterocycles. The van der Waals surface area contributed by atoms with E-state index in [0.717, 1.165) is 44.2 Å². The Balaban J connectivity index is 0.00000161. The molecule has 2 saturated carbocycles. The van der Waals surface area contributed by atoms with Crippen LogP contribution in [0.3, 0.4) is 0 Å². The number of likely N-dealkylation sites (tertiary alicyclic amines) is 1. The number of carbonyl (C=O) groups is 1. The predicted octanol–water partition coefficient (Wildman–Crippen LogP) is 3.07. The van der Waals surface area contributed by atoms with Gasteiger partial charge in [0.05, 0.1) is 0 Å². The summed E-state index contributed by atoms with van der Waals surface area (Å²) in [5.74, 6) is 3.64. The molecule has 1 heterocycles. The van der Waals surface area contributed by atoms with E-state index in [1.165, 1.54) is 19.3 Å². The lowest BCUT2D eigenvalue weighted by Gasteiger charge is -2.32. The van der Waals surface area contributed by atoms with Crippen LogP contribution >= 0.6 is 12.4 Å². The highest BCUT2D eigenvalue weighted by molar-refractivity contribution is 5.85. The molecule has 3 fully saturated rings. The second kappa shape index (κ2) is 6.87. The van der Waals surface area contributed by atoms with Gasteiger partial charge in [0, 0.05) is 25.0 Å². The minimum absolute atomic E-state index is 0. The number of nitrogens with two attached hydrogens (primary N) is 1. The number of fused-ring (bicyclic) bond motifs is 1. The van der Waals surface area contributed by atoms with Crippen LogP contribution in [0.4, 0.5) is 0 Å². The van der Waals surface area contributed by atoms with Gasteiger partial charge in [0.25, 0.3) is 0 Å². The molecule has 1 amide bonds. The Kier molecular flexibility index (Phi) is 5.59. The molecule has 2 aliphatic carbocycles. The molecule has 1 saturated heterocycles. The Morgan fingerprint density at radius 2 is 1.71 bits per heavy atom. The second-order valence-corrected chi connectivity index (χ2v) is 7.76. The molecule has 3 atom stereocenters. The van der Waals surface area contributed by atoms with Gasteiger partial charge in [0.2, 0.25) is 5.91 Å². The standard InChI is InChI=1S/C17H30N2O.ClH/c1-11(2)12-3-5-13(6-4-12)17(20)19-9-14-7-8-16(18)15(14)10-19;/h11-16H,3-10,18H2,1-2H3;1H. The zero-order valence-corrected chi connectivity index (χ0v) is 14.3. The van der Waals surface area contributed by atoms with Crippen molar-refractivity contribution in [2.75, 3.05) is 13.1 Å². The number of carbonyl (C=O) groups excluding carboxylic acids is 1. The van der Waals surface area contributed by atoms with E-state index in [0.29, 0.717) is 29.7 Å². The predicted molar refractivity (Wildman–Crippen MR) is 88.3 cm³/mol. The van der Waals surface area contributed by atoms with Crippen LogP contribution in [0.2, 0.25) is 0 Å². The average molecular weight is 315 g/mol. The molecule has 0 radical (unpaired) electrons. The van der Waals surface area contributed by atoms with Crippen molar-refractivity contribution in [3.8, 4) is 0 Å². The van der Waals surface area contributed by atoms with E-state index >= 15 is 0 Å². The van der Waals surface area contributed by atoms with Gasteiger partial charge in [-0.05, 0) is 62.2 Å². The fourth-order valence-electron chi connectivity index (χ4n) is 4.78. The normalized spacial score (nSPS) is 39.2. The number of rotatable bonds is 2. The Hall–Kier alpha value is -0.280. The SMILES string of the molecule is CC(C)C1CCC(C(=O)N2CC3CCC(N)C3C2)CC1.Cl. The van der Waals surface area contributed by atoms with Crippen molar-refractivity contribution >= 4 is 18.3 Å². The summed E-state index contributed by atoms with van der Waals surface area (Å²) in [6.07, 6.45) is 7.11. The van der Waals surface area contributed by atoms with Crippen molar-refractivity contribution in [3.05, 3.63) is 0 Å². The lowest BCUT2D eigenvalue weighted by atomic mass is 9.76. The highest BCUT2D eigenvalue weighted by atomic mass is 35.5. The third-order valence-corrected chi connectivity index (χ3v) is 6.29. The summed E-state index contributed by atoms with van der Waals surface area (Å²) in [6.45, 7) is 6.56. The molecule has 3 unspecified atom stereocenters. The Bertz CT molecular complexity index is 366. The summed E-state index contributed by atoms with van der Waals surface area (Å²) in [5, 5.41) is 0. The molecule has 122 valence electrons. The average Bonchev–Trinajstić information content (AvgIpc) is 3.01. The largest absolute Gasteiger partial charge is 0.342 e. The van der Waals surface area contributed by atoms with Gasteiger partial charge in [-0.2, -0.15) is 0 Å². The molecule has 0 bridgehead atoms. The van der Waals surface area contributed by atoms with Crippen LogP contribution in [0.1, 0.15) is 52.4 Å². The number of halogens is 1. The van der Waals surface area contributed by atoms with Crippen LogP contribution in [-0.4, -0.2) is 29.9 Å². The minimum Gasteiger partial charge on any atom is -0.342 e. The fourth-order valence-corrected chi connectivity index (χ4v) is 4.78. The van der Waals surface area contributed by atoms with Crippen molar-refractivity contribution in [3.63, 3.8) is 0 Å². The van der Waals surface area contributed by atoms with Gasteiger partial charge in [-0.1, -0.05) is 13.8 Å². The number of hydrogen-bond donors (Lipinski definition) is 1. The summed E-state index contributed by atoms with van der Waals surface area (Å²) >= 11 is 0. The first-order valence-corrected chi connectivity index (χ1v) is 8.60. The third-order valence-electron chi connectivity index (χ3n) is 6.29. The van der Waals surface area contributed by atoms with Crippen LogP contribution in [-0.2, 0) is 4.79 Å². The smallest absolute Gasteiger partial charge is 0.225 e. The monoisotopic (exact) mass is 314 g/mol. The number of amides is 1. The molecular formula is C17H31ClN2O. The molecule has 0 aromatic carbocycles. The highest BCUT2D eigenvalue weighted by Gasteiger charge is 2.43. The quantitative estimate of drug-likeness (QED) is 0.851. The molecule has 2 N–H and O–H groups in total. The molecule has 0 aromatic heterocycles. The molecule has 3 rings (SSSR count). The van der Waals surface area contributed by atoms with Crippen LogP contribution < -0.4 is 5.73 Å². The summed E-state index contributed by atoms with van der Waals surface area (Å²) in [5.41, 5.74) is 6.17. The Labute approximate surface area is 135 Å². The maximum Gasteiger partial charge on any atom is 0.225 e. The molecular weight excluding hydrogens is 284 g/mol. The minimum atomic E-state index is 0. The zero-order chi connectivity index (χ0) is 14.3. The van der Waals surface area contributed by atoms with Gasteiger partial charge in [-0.15, -0.1) is 12.4 Å². The molecule has 0 aromatic rings. The van der Waals surface area contributed by atoms with Crippen molar-refractivity contribution in [1.29, 1.82) is 0 Å². The van der Waals surface area contributed by atoms with Gasteiger partial charge < -0.3 is 10.6 Å². The summed E-state index contributed by atoms with van der Waals surface area (Å²) in [7, 11) is 0. The van der Waals surface area contributed by atoms with E-state index in [4.69, 9.17) is 5.73 Å². The Morgan fingerprint density at radius 1 is 1.05 bits per heavy atom. The van der Waals surface area contributed by atoms with Gasteiger partial charge in [0.1, 0.15) is 0 Å². The highest BCUT2D eigenvalue weighted by Crippen LogP contribution is 2.39. The number of nitrogens with zero attached hydrogens (tertiary/aromatic N) is 1. The first kappa shape index (κ1) is 17.1. The first-order chi connectivity index (χ1) is 9.56. The number of hydrogen-bond acceptors (Lipinski definition) is 2. The van der Waals surface area contributed by atoms with Crippen LogP contribution in [0.5, 0.6) is 0 Å². The lowest BCUT2D eigenvalue weighted by molar-refractivity contribution is -0.136. The van der Waals surface area contributed by atoms with E-state index in [9.17, 15) is 4.79 Å². The van der Waals surface area contributed by atoms with Crippen molar-refractivity contribution in [2.45, 2.75) is 58.4 Å². The fraction of sp³-hybridized carbons (Fsp3) is 0.941. The third kappa shape index (κ3) is 3.39. The molecule has 0 spiro atoms. The summed E-state index contributed by atoms with van der Waals surface area (Å²) < 4.78 is 0. The Morgan fingerprint density at radius 3 is 2.29 bits per heavy atom. The van der Waals surface area contributed by atoms with Gasteiger partial charge >= 0.3 is 0 Å². The van der Waals surface area contributed by atoms with Crippen LogP contribution in [0.15, 0.2) is 0 Å². The van der Waals surface area contributed by atoms with Crippen molar-refractivity contribution < 1.29 is 4.79 Å². The van der Waals surface area contributed by atoms with E-state index in [2.05, 4.69) is 18.7 Å². The summed E-state index contributed by atoms with van der Waals surface area (Å²) in [4.78, 5) is 14.8. The van der Waals surface area contributed by atoms with Gasteiger partial charge in [-0.25, -0.2) is 0 Å². The van der Waals surface area contributed by atoms with Gasteiger partial charge in [0.15, 0.2) is 0 Å². The van der Waals surface area contributed by atoms with E-state index < -0.39 is 0 Å². The van der Waals surface area contributed by atoms with Crippen LogP contribution in [0.25, 0.3) is 0 Å². The second-order valence-electron chi connectivity index (χ2n) is 7.76. The lowest BCUT2D eigenvalue weighted by Crippen LogP contribution is -2.38. The van der Waals surface area contributed by atoms with Crippen LogP contribution in [0, 0.1) is 29.6 Å². The van der Waals surface area contributed by atoms with E-state index in [1.54, 1.807) is 0 Å². The topological polar surface area (TPSA) is 46.3 Å². The molecule has 3 aliphatic rings. The zero-order valence-electron chi connectivity index (χ0n) is 13.5. The first-order valence-electron chi connectivity index (χ1n) is 8.60. The summed E-state index contributed by atoms with van der Waals surface area (Å²) in [6, 6.07) is 0.342. The maximum absolute atomic E-state index is 12.7. The molecule has 3 nitrogen and oxygen atoms in total. The van der Waals surface area contributed by atoms with Gasteiger partial charge in [-0.3, -0.25) is 4.79 Å². The molecule has 21 heavy (non-hydrogen) atoms. The van der Waals surface area contributed by atoms with Crippen molar-refractivity contribution in [1.82, 2.24) is 4.90 Å². The molecule has 4 heteroatoms. The van der Waals surface area contributed by atoms with Crippen molar-refractivity contribution in [2.24, 2.45) is 35.3 Å².